The molecular weight excluding hydrogens is 330 g/mol. The summed E-state index contributed by atoms with van der Waals surface area (Å²) in [5.41, 5.74) is 2.37. The largest absolute Gasteiger partial charge is 0.450 e. The molecule has 1 N–H and O–H groups in total. The van der Waals surface area contributed by atoms with E-state index >= 15 is 0 Å². The minimum Gasteiger partial charge on any atom is -0.450 e. The lowest BCUT2D eigenvalue weighted by Gasteiger charge is -2.33. The summed E-state index contributed by atoms with van der Waals surface area (Å²) >= 11 is 6.04. The van der Waals surface area contributed by atoms with Crippen LogP contribution in [0.4, 0.5) is 4.79 Å². The van der Waals surface area contributed by atoms with Gasteiger partial charge in [-0.25, -0.2) is 4.79 Å². The van der Waals surface area contributed by atoms with Gasteiger partial charge in [0.05, 0.1) is 6.61 Å². The van der Waals surface area contributed by atoms with Crippen molar-refractivity contribution in [3.8, 4) is 0 Å². The molecule has 6 nitrogen and oxygen atoms in total. The highest BCUT2D eigenvalue weighted by molar-refractivity contribution is 6.31. The number of H-pyrrole nitrogens is 1. The molecule has 1 aliphatic rings. The van der Waals surface area contributed by atoms with Gasteiger partial charge in [0.25, 0.3) is 5.91 Å². The molecule has 0 spiro atoms. The Morgan fingerprint density at radius 2 is 1.88 bits per heavy atom. The molecular formula is C17H20ClN3O3. The number of amides is 2. The van der Waals surface area contributed by atoms with Crippen LogP contribution >= 0.6 is 11.6 Å². The lowest BCUT2D eigenvalue weighted by Crippen LogP contribution is -2.50. The van der Waals surface area contributed by atoms with Gasteiger partial charge in [0.1, 0.15) is 5.69 Å². The fourth-order valence-electron chi connectivity index (χ4n) is 2.98. The average molecular weight is 350 g/mol. The number of fused-ring (bicyclic) bond motifs is 1. The summed E-state index contributed by atoms with van der Waals surface area (Å²) < 4.78 is 5.00. The number of ether oxygens (including phenoxy) is 1. The van der Waals surface area contributed by atoms with Gasteiger partial charge >= 0.3 is 6.09 Å². The number of rotatable bonds is 2. The first-order chi connectivity index (χ1) is 11.5. The molecule has 0 atom stereocenters. The van der Waals surface area contributed by atoms with Gasteiger partial charge in [0, 0.05) is 42.1 Å². The number of hydrogen-bond acceptors (Lipinski definition) is 3. The van der Waals surface area contributed by atoms with Crippen LogP contribution in [0.3, 0.4) is 0 Å². The number of halogens is 1. The lowest BCUT2D eigenvalue weighted by molar-refractivity contribution is 0.0566. The van der Waals surface area contributed by atoms with Gasteiger partial charge < -0.3 is 19.5 Å². The molecule has 0 saturated carbocycles. The summed E-state index contributed by atoms with van der Waals surface area (Å²) in [6.07, 6.45) is -0.318. The summed E-state index contributed by atoms with van der Waals surface area (Å²) in [6, 6.07) is 5.53. The second kappa shape index (κ2) is 6.73. The highest BCUT2D eigenvalue weighted by Gasteiger charge is 2.27. The number of hydrogen-bond donors (Lipinski definition) is 1. The van der Waals surface area contributed by atoms with Crippen LogP contribution in [0.15, 0.2) is 18.2 Å². The molecule has 0 bridgehead atoms. The molecule has 2 amide bonds. The second-order valence-electron chi connectivity index (χ2n) is 5.79. The SMILES string of the molecule is CCOC(=O)N1CCN(C(=O)c2[nH]c3ccc(Cl)cc3c2C)CC1. The Morgan fingerprint density at radius 1 is 1.21 bits per heavy atom. The van der Waals surface area contributed by atoms with E-state index in [9.17, 15) is 9.59 Å². The van der Waals surface area contributed by atoms with E-state index in [-0.39, 0.29) is 12.0 Å². The van der Waals surface area contributed by atoms with Crippen LogP contribution in [0.2, 0.25) is 5.02 Å². The van der Waals surface area contributed by atoms with Crippen molar-refractivity contribution in [3.63, 3.8) is 0 Å². The lowest BCUT2D eigenvalue weighted by atomic mass is 10.1. The molecule has 1 saturated heterocycles. The van der Waals surface area contributed by atoms with Crippen molar-refractivity contribution in [1.82, 2.24) is 14.8 Å². The summed E-state index contributed by atoms with van der Waals surface area (Å²) in [6.45, 7) is 6.00. The third-order valence-corrected chi connectivity index (χ3v) is 4.56. The Hall–Kier alpha value is -2.21. The van der Waals surface area contributed by atoms with Crippen molar-refractivity contribution < 1.29 is 14.3 Å². The molecule has 128 valence electrons. The molecule has 1 aliphatic heterocycles. The number of benzene rings is 1. The molecule has 1 aromatic heterocycles. The van der Waals surface area contributed by atoms with Crippen molar-refractivity contribution >= 4 is 34.5 Å². The van der Waals surface area contributed by atoms with E-state index in [1.54, 1.807) is 22.8 Å². The maximum Gasteiger partial charge on any atom is 0.409 e. The highest BCUT2D eigenvalue weighted by atomic mass is 35.5. The molecule has 3 rings (SSSR count). The smallest absolute Gasteiger partial charge is 0.409 e. The molecule has 2 aromatic rings. The van der Waals surface area contributed by atoms with E-state index in [0.29, 0.717) is 43.5 Å². The van der Waals surface area contributed by atoms with Crippen LogP contribution in [-0.2, 0) is 4.74 Å². The van der Waals surface area contributed by atoms with Gasteiger partial charge in [-0.15, -0.1) is 0 Å². The molecule has 1 fully saturated rings. The Balaban J connectivity index is 1.74. The van der Waals surface area contributed by atoms with Gasteiger partial charge in [-0.2, -0.15) is 0 Å². The number of nitrogens with zero attached hydrogens (tertiary/aromatic N) is 2. The van der Waals surface area contributed by atoms with E-state index in [1.165, 1.54) is 0 Å². The highest BCUT2D eigenvalue weighted by Crippen LogP contribution is 2.26. The van der Waals surface area contributed by atoms with Gasteiger partial charge in [0.2, 0.25) is 0 Å². The maximum absolute atomic E-state index is 12.8. The first kappa shape index (κ1) is 16.6. The van der Waals surface area contributed by atoms with Gasteiger partial charge in [-0.05, 0) is 37.6 Å². The second-order valence-corrected chi connectivity index (χ2v) is 6.23. The Bertz CT molecular complexity index is 779. The zero-order valence-electron chi connectivity index (χ0n) is 13.8. The first-order valence-corrected chi connectivity index (χ1v) is 8.38. The quantitative estimate of drug-likeness (QED) is 0.906. The van der Waals surface area contributed by atoms with Crippen LogP contribution in [0.5, 0.6) is 0 Å². The predicted octanol–water partition coefficient (Wildman–Crippen LogP) is 3.04. The minimum atomic E-state index is -0.318. The summed E-state index contributed by atoms with van der Waals surface area (Å²) in [5, 5.41) is 1.60. The van der Waals surface area contributed by atoms with Crippen molar-refractivity contribution in [3.05, 3.63) is 34.5 Å². The molecule has 0 unspecified atom stereocenters. The predicted molar refractivity (Wildman–Crippen MR) is 92.5 cm³/mol. The fourth-order valence-corrected chi connectivity index (χ4v) is 3.15. The van der Waals surface area contributed by atoms with Gasteiger partial charge in [0.15, 0.2) is 0 Å². The van der Waals surface area contributed by atoms with Crippen molar-refractivity contribution in [2.45, 2.75) is 13.8 Å². The standard InChI is InChI=1S/C17H20ClN3O3/c1-3-24-17(23)21-8-6-20(7-9-21)16(22)15-11(2)13-10-12(18)4-5-14(13)19-15/h4-5,10,19H,3,6-9H2,1-2H3. The van der Waals surface area contributed by atoms with E-state index in [0.717, 1.165) is 16.5 Å². The van der Waals surface area contributed by atoms with Crippen molar-refractivity contribution in [2.24, 2.45) is 0 Å². The zero-order valence-corrected chi connectivity index (χ0v) is 14.5. The normalized spacial score (nSPS) is 15.0. The zero-order chi connectivity index (χ0) is 17.3. The van der Waals surface area contributed by atoms with Gasteiger partial charge in [-0.3, -0.25) is 4.79 Å². The van der Waals surface area contributed by atoms with Crippen LogP contribution in [-0.4, -0.2) is 59.6 Å². The number of carbonyl (C=O) groups is 2. The van der Waals surface area contributed by atoms with Crippen molar-refractivity contribution in [1.29, 1.82) is 0 Å². The Labute approximate surface area is 145 Å². The summed E-state index contributed by atoms with van der Waals surface area (Å²) in [4.78, 5) is 31.1. The summed E-state index contributed by atoms with van der Waals surface area (Å²) in [5.74, 6) is -0.0525. The topological polar surface area (TPSA) is 65.6 Å². The number of carbonyl (C=O) groups excluding carboxylic acids is 2. The number of aryl methyl sites for hydroxylation is 1. The first-order valence-electron chi connectivity index (χ1n) is 8.00. The van der Waals surface area contributed by atoms with Gasteiger partial charge in [-0.1, -0.05) is 11.6 Å². The third kappa shape index (κ3) is 3.06. The van der Waals surface area contributed by atoms with E-state index in [1.807, 2.05) is 19.1 Å². The van der Waals surface area contributed by atoms with E-state index < -0.39 is 0 Å². The van der Waals surface area contributed by atoms with Crippen molar-refractivity contribution in [2.75, 3.05) is 32.8 Å². The van der Waals surface area contributed by atoms with Crippen LogP contribution in [0.25, 0.3) is 10.9 Å². The fraction of sp³-hybridized carbons (Fsp3) is 0.412. The maximum atomic E-state index is 12.8. The van der Waals surface area contributed by atoms with Crippen LogP contribution in [0, 0.1) is 6.92 Å². The number of nitrogens with one attached hydrogen (secondary N) is 1. The van der Waals surface area contributed by atoms with E-state index in [2.05, 4.69) is 4.98 Å². The molecule has 0 aliphatic carbocycles. The molecule has 2 heterocycles. The molecule has 7 heteroatoms. The number of aromatic amines is 1. The molecule has 24 heavy (non-hydrogen) atoms. The number of aromatic nitrogens is 1. The Morgan fingerprint density at radius 3 is 2.54 bits per heavy atom. The van der Waals surface area contributed by atoms with E-state index in [4.69, 9.17) is 16.3 Å². The van der Waals surface area contributed by atoms with Crippen LogP contribution < -0.4 is 0 Å². The third-order valence-electron chi connectivity index (χ3n) is 4.33. The molecule has 1 aromatic carbocycles. The Kier molecular flexibility index (Phi) is 4.66. The monoisotopic (exact) mass is 349 g/mol. The summed E-state index contributed by atoms with van der Waals surface area (Å²) in [7, 11) is 0. The van der Waals surface area contributed by atoms with Crippen LogP contribution in [0.1, 0.15) is 23.0 Å². The molecule has 0 radical (unpaired) electrons. The minimum absolute atomic E-state index is 0.0525. The average Bonchev–Trinajstić information content (AvgIpc) is 2.91. The number of piperazine rings is 1.